The fraction of sp³-hybridized carbons (Fsp3) is 0.600. The first-order valence-electron chi connectivity index (χ1n) is 11.8. The third-order valence-corrected chi connectivity index (χ3v) is 8.06. The highest BCUT2D eigenvalue weighted by atomic mass is 16.4. The lowest BCUT2D eigenvalue weighted by molar-refractivity contribution is 0.0242. The lowest BCUT2D eigenvalue weighted by Gasteiger charge is -2.46. The topological polar surface area (TPSA) is 88.6 Å². The molecule has 2 fully saturated rings. The summed E-state index contributed by atoms with van der Waals surface area (Å²) in [6, 6.07) is 9.34. The molecule has 2 saturated heterocycles. The van der Waals surface area contributed by atoms with Crippen molar-refractivity contribution in [2.24, 2.45) is 11.8 Å². The maximum atomic E-state index is 11.0. The number of β-amino-alcohol motifs (C(OH)–C–C–N with tert-alkyl or cyclic N) is 1. The van der Waals surface area contributed by atoms with Gasteiger partial charge in [0.15, 0.2) is 0 Å². The van der Waals surface area contributed by atoms with Crippen molar-refractivity contribution in [1.82, 2.24) is 9.88 Å². The number of piperidine rings is 2. The first-order valence-corrected chi connectivity index (χ1v) is 11.8. The predicted octanol–water partition coefficient (Wildman–Crippen LogP) is 3.14. The molecule has 1 aromatic carbocycles. The molecule has 7 heteroatoms. The third-order valence-electron chi connectivity index (χ3n) is 8.06. The van der Waals surface area contributed by atoms with E-state index in [0.29, 0.717) is 17.9 Å². The molecule has 2 N–H and O–H groups in total. The van der Waals surface area contributed by atoms with E-state index in [4.69, 9.17) is 9.68 Å². The van der Waals surface area contributed by atoms with Gasteiger partial charge >= 0.3 is 0 Å². The van der Waals surface area contributed by atoms with E-state index in [2.05, 4.69) is 52.1 Å². The zero-order valence-electron chi connectivity index (χ0n) is 19.0. The Bertz CT molecular complexity index is 1010. The van der Waals surface area contributed by atoms with Gasteiger partial charge in [0.2, 0.25) is 5.76 Å². The molecular formula is C25H33N5O2. The van der Waals surface area contributed by atoms with E-state index in [9.17, 15) is 5.11 Å². The molecule has 3 unspecified atom stereocenters. The average Bonchev–Trinajstić information content (AvgIpc) is 3.42. The van der Waals surface area contributed by atoms with Gasteiger partial charge < -0.3 is 24.6 Å². The summed E-state index contributed by atoms with van der Waals surface area (Å²) in [5, 5.41) is 23.6. The number of hydrogen-bond acceptors (Lipinski definition) is 7. The number of nitrogens with zero attached hydrogens (tertiary/aromatic N) is 4. The second-order valence-electron chi connectivity index (χ2n) is 9.98. The van der Waals surface area contributed by atoms with Crippen LogP contribution in [0.1, 0.15) is 43.1 Å². The van der Waals surface area contributed by atoms with Crippen LogP contribution in [0.15, 0.2) is 28.8 Å². The van der Waals surface area contributed by atoms with E-state index < -0.39 is 0 Å². The normalized spacial score (nSPS) is 27.2. The van der Waals surface area contributed by atoms with Gasteiger partial charge in [0, 0.05) is 43.8 Å². The van der Waals surface area contributed by atoms with Gasteiger partial charge in [-0.25, -0.2) is 4.98 Å². The quantitative estimate of drug-likeness (QED) is 0.763. The Morgan fingerprint density at radius 3 is 2.88 bits per heavy atom. The number of fused-ring (bicyclic) bond motifs is 2. The number of oxazole rings is 1. The first kappa shape index (κ1) is 21.3. The molecule has 4 heterocycles. The molecule has 3 aliphatic rings. The summed E-state index contributed by atoms with van der Waals surface area (Å²) in [6.07, 6.45) is 4.12. The Kier molecular flexibility index (Phi) is 5.60. The Labute approximate surface area is 190 Å². The minimum Gasteiger partial charge on any atom is -0.413 e. The first-order chi connectivity index (χ1) is 15.5. The van der Waals surface area contributed by atoms with Crippen molar-refractivity contribution in [2.45, 2.75) is 44.6 Å². The molecule has 1 spiro atoms. The number of likely N-dealkylation sites (tertiary alicyclic amines) is 1. The Hall–Kier alpha value is -2.56. The fourth-order valence-electron chi connectivity index (χ4n) is 6.02. The minimum atomic E-state index is -0.311. The van der Waals surface area contributed by atoms with Gasteiger partial charge in [-0.2, -0.15) is 5.26 Å². The van der Waals surface area contributed by atoms with E-state index in [1.807, 2.05) is 6.07 Å². The highest BCUT2D eigenvalue weighted by Gasteiger charge is 2.46. The number of aliphatic hydroxyl groups excluding tert-OH is 1. The summed E-state index contributed by atoms with van der Waals surface area (Å²) in [6.45, 7) is 9.95. The smallest absolute Gasteiger partial charge is 0.298 e. The zero-order valence-corrected chi connectivity index (χ0v) is 19.0. The molecule has 0 bridgehead atoms. The molecule has 0 saturated carbocycles. The number of aryl methyl sites for hydroxylation is 1. The van der Waals surface area contributed by atoms with Crippen LogP contribution < -0.4 is 10.2 Å². The summed E-state index contributed by atoms with van der Waals surface area (Å²) in [5.41, 5.74) is 4.31. The predicted molar refractivity (Wildman–Crippen MR) is 124 cm³/mol. The second kappa shape index (κ2) is 8.42. The second-order valence-corrected chi connectivity index (χ2v) is 9.98. The van der Waals surface area contributed by atoms with Crippen molar-refractivity contribution < 1.29 is 9.52 Å². The number of anilines is 2. The van der Waals surface area contributed by atoms with Crippen molar-refractivity contribution in [3.05, 3.63) is 41.3 Å². The van der Waals surface area contributed by atoms with E-state index in [1.165, 1.54) is 23.0 Å². The number of hydrogen-bond donors (Lipinski definition) is 2. The van der Waals surface area contributed by atoms with Crippen molar-refractivity contribution in [3.8, 4) is 6.07 Å². The highest BCUT2D eigenvalue weighted by Crippen LogP contribution is 2.47. The zero-order chi connectivity index (χ0) is 22.3. The molecule has 2 aromatic rings. The molecule has 32 heavy (non-hydrogen) atoms. The van der Waals surface area contributed by atoms with Crippen molar-refractivity contribution in [3.63, 3.8) is 0 Å². The summed E-state index contributed by atoms with van der Waals surface area (Å²) in [7, 11) is 0. The van der Waals surface area contributed by atoms with Crippen molar-refractivity contribution >= 4 is 11.7 Å². The maximum Gasteiger partial charge on any atom is 0.298 e. The van der Waals surface area contributed by atoms with Gasteiger partial charge in [-0.05, 0) is 61.8 Å². The van der Waals surface area contributed by atoms with Crippen LogP contribution >= 0.6 is 0 Å². The van der Waals surface area contributed by atoms with Gasteiger partial charge in [0.05, 0.1) is 12.3 Å². The molecule has 3 atom stereocenters. The van der Waals surface area contributed by atoms with Gasteiger partial charge in [-0.1, -0.05) is 19.1 Å². The Morgan fingerprint density at radius 1 is 1.34 bits per heavy atom. The van der Waals surface area contributed by atoms with Crippen molar-refractivity contribution in [2.75, 3.05) is 49.5 Å². The molecule has 170 valence electrons. The van der Waals surface area contributed by atoms with Gasteiger partial charge in [-0.15, -0.1) is 0 Å². The van der Waals surface area contributed by atoms with Crippen LogP contribution in [-0.2, 0) is 5.41 Å². The van der Waals surface area contributed by atoms with Gasteiger partial charge in [0.1, 0.15) is 6.07 Å². The summed E-state index contributed by atoms with van der Waals surface area (Å²) >= 11 is 0. The highest BCUT2D eigenvalue weighted by molar-refractivity contribution is 5.62. The van der Waals surface area contributed by atoms with E-state index in [1.54, 1.807) is 0 Å². The number of rotatable bonds is 4. The van der Waals surface area contributed by atoms with Crippen molar-refractivity contribution in [1.29, 1.82) is 5.26 Å². The summed E-state index contributed by atoms with van der Waals surface area (Å²) in [4.78, 5) is 8.74. The van der Waals surface area contributed by atoms with Crippen LogP contribution in [0.5, 0.6) is 0 Å². The van der Waals surface area contributed by atoms with E-state index in [0.717, 1.165) is 58.5 Å². The number of aliphatic hydroxyl groups is 1. The van der Waals surface area contributed by atoms with Gasteiger partial charge in [-0.3, -0.25) is 0 Å². The van der Waals surface area contributed by atoms with Crippen LogP contribution in [0, 0.1) is 30.1 Å². The Balaban J connectivity index is 1.15. The SMILES string of the molecule is Cc1ccc2c(c1)NCC21CCN(CC(O)C2CCN(c3ncc(C#N)o3)CC2)CC1C. The largest absolute Gasteiger partial charge is 0.413 e. The molecule has 1 aromatic heterocycles. The monoisotopic (exact) mass is 435 g/mol. The number of nitriles is 1. The number of nitrogens with one attached hydrogen (secondary N) is 1. The van der Waals surface area contributed by atoms with Crippen LogP contribution in [-0.4, -0.2) is 60.4 Å². The standard InChI is InChI=1S/C25H33N5O2/c1-17-3-4-21-22(11-17)28-16-25(21)7-10-29(14-18(25)2)15-23(31)19-5-8-30(9-6-19)24-27-13-20(12-26)32-24/h3-4,11,13,18-19,23,28,31H,5-10,14-16H2,1-2H3. The molecule has 0 aliphatic carbocycles. The summed E-state index contributed by atoms with van der Waals surface area (Å²) < 4.78 is 5.46. The molecule has 7 nitrogen and oxygen atoms in total. The average molecular weight is 436 g/mol. The molecule has 0 amide bonds. The number of benzene rings is 1. The lowest BCUT2D eigenvalue weighted by Crippen LogP contribution is -2.52. The molecule has 5 rings (SSSR count). The number of aromatic nitrogens is 1. The van der Waals surface area contributed by atoms with Crippen LogP contribution in [0.4, 0.5) is 11.7 Å². The fourth-order valence-corrected chi connectivity index (χ4v) is 6.02. The third kappa shape index (κ3) is 3.76. The molecule has 3 aliphatic heterocycles. The van der Waals surface area contributed by atoms with Crippen LogP contribution in [0.3, 0.4) is 0 Å². The molecule has 0 radical (unpaired) electrons. The van der Waals surface area contributed by atoms with E-state index in [-0.39, 0.29) is 17.3 Å². The molecular weight excluding hydrogens is 402 g/mol. The summed E-state index contributed by atoms with van der Waals surface area (Å²) in [5.74, 6) is 1.08. The van der Waals surface area contributed by atoms with E-state index >= 15 is 0 Å². The minimum absolute atomic E-state index is 0.216. The van der Waals surface area contributed by atoms with Crippen LogP contribution in [0.2, 0.25) is 0 Å². The van der Waals surface area contributed by atoms with Crippen LogP contribution in [0.25, 0.3) is 0 Å². The Morgan fingerprint density at radius 2 is 2.16 bits per heavy atom. The van der Waals surface area contributed by atoms with Gasteiger partial charge in [0.25, 0.3) is 6.01 Å². The lowest BCUT2D eigenvalue weighted by atomic mass is 9.67. The maximum absolute atomic E-state index is 11.0.